The van der Waals surface area contributed by atoms with Crippen molar-refractivity contribution in [3.63, 3.8) is 0 Å². The SMILES string of the molecule is O.O.P.[Co].[Ni].[Ni]. The molecular weight excluding hydrogens is 239 g/mol. The quantitative estimate of drug-likeness (QED) is 0.365. The maximum absolute atomic E-state index is 0. The molecule has 0 aromatic heterocycles. The van der Waals surface area contributed by atoms with E-state index >= 15 is 0 Å². The Kier molecular flexibility index (Phi) is 1240. The number of rotatable bonds is 0. The van der Waals surface area contributed by atoms with E-state index in [4.69, 9.17) is 0 Å². The molecular formula is H7CoNi2O2P. The molecule has 6 heavy (non-hydrogen) atoms. The zero-order valence-corrected chi connectivity index (χ0v) is 7.10. The monoisotopic (exact) mass is 245 g/mol. The normalized spacial score (nSPS) is 0. The van der Waals surface area contributed by atoms with Crippen LogP contribution in [0.15, 0.2) is 0 Å². The molecule has 6 heteroatoms. The van der Waals surface area contributed by atoms with Gasteiger partial charge in [-0.3, -0.25) is 0 Å². The third-order valence-corrected chi connectivity index (χ3v) is 0. The van der Waals surface area contributed by atoms with E-state index in [1.54, 1.807) is 0 Å². The van der Waals surface area contributed by atoms with Gasteiger partial charge in [-0.2, -0.15) is 9.90 Å². The fourth-order valence-electron chi connectivity index (χ4n) is 0. The van der Waals surface area contributed by atoms with Crippen molar-refractivity contribution in [1.29, 1.82) is 0 Å². The van der Waals surface area contributed by atoms with Gasteiger partial charge in [0.25, 0.3) is 0 Å². The molecule has 0 saturated heterocycles. The van der Waals surface area contributed by atoms with Crippen LogP contribution in [0.2, 0.25) is 0 Å². The second-order valence-corrected chi connectivity index (χ2v) is 0. The maximum Gasteiger partial charge on any atom is 0 e. The summed E-state index contributed by atoms with van der Waals surface area (Å²) in [6.07, 6.45) is 0. The summed E-state index contributed by atoms with van der Waals surface area (Å²) in [5.41, 5.74) is 0. The minimum absolute atomic E-state index is 0. The van der Waals surface area contributed by atoms with E-state index in [9.17, 15) is 0 Å². The van der Waals surface area contributed by atoms with Crippen LogP contribution in [0.3, 0.4) is 0 Å². The molecule has 1 atom stereocenters. The standard InChI is InChI=1S/Co.2Ni.2H2O.H3P/h;;;2*1H2;1H3. The molecule has 1 unspecified atom stereocenters. The van der Waals surface area contributed by atoms with Crippen molar-refractivity contribution in [1.82, 2.24) is 0 Å². The third kappa shape index (κ3) is 40.3. The van der Waals surface area contributed by atoms with Gasteiger partial charge in [0.15, 0.2) is 0 Å². The second kappa shape index (κ2) is 68.8. The molecule has 0 fully saturated rings. The summed E-state index contributed by atoms with van der Waals surface area (Å²) < 4.78 is 0. The van der Waals surface area contributed by atoms with E-state index in [-0.39, 0.29) is 70.6 Å². The van der Waals surface area contributed by atoms with Crippen molar-refractivity contribution in [2.24, 2.45) is 0 Å². The number of hydrogen-bond acceptors (Lipinski definition) is 0. The molecule has 0 bridgehead atoms. The first-order chi connectivity index (χ1) is 0. The van der Waals surface area contributed by atoms with Gasteiger partial charge >= 0.3 is 0 Å². The van der Waals surface area contributed by atoms with E-state index < -0.39 is 0 Å². The van der Waals surface area contributed by atoms with E-state index in [0.29, 0.717) is 0 Å². The van der Waals surface area contributed by atoms with Crippen LogP contribution in [-0.2, 0) is 49.8 Å². The predicted octanol–water partition coefficient (Wildman–Crippen LogP) is -1.60. The molecule has 0 aliphatic rings. The Balaban J connectivity index is 0. The average molecular weight is 246 g/mol. The van der Waals surface area contributed by atoms with E-state index in [1.807, 2.05) is 0 Å². The van der Waals surface area contributed by atoms with Crippen molar-refractivity contribution in [3.8, 4) is 0 Å². The van der Waals surface area contributed by atoms with Crippen LogP contribution < -0.4 is 0 Å². The van der Waals surface area contributed by atoms with Gasteiger partial charge in [0.2, 0.25) is 0 Å². The Morgan fingerprint density at radius 1 is 0.667 bits per heavy atom. The average Bonchev–Trinajstić information content (AvgIpc) is 0. The van der Waals surface area contributed by atoms with Crippen LogP contribution in [0.1, 0.15) is 0 Å². The zero-order valence-electron chi connectivity index (χ0n) is 2.67. The summed E-state index contributed by atoms with van der Waals surface area (Å²) in [7, 11) is 0. The summed E-state index contributed by atoms with van der Waals surface area (Å²) in [6, 6.07) is 0. The van der Waals surface area contributed by atoms with E-state index in [2.05, 4.69) is 0 Å². The summed E-state index contributed by atoms with van der Waals surface area (Å²) in [4.78, 5) is 0. The van der Waals surface area contributed by atoms with Crippen LogP contribution in [0, 0.1) is 0 Å². The minimum Gasteiger partial charge on any atom is -0.412 e. The largest absolute Gasteiger partial charge is 0.412 e. The van der Waals surface area contributed by atoms with Gasteiger partial charge < -0.3 is 11.0 Å². The first-order valence-electron chi connectivity index (χ1n) is 0. The first kappa shape index (κ1) is 108. The topological polar surface area (TPSA) is 63.0 Å². The van der Waals surface area contributed by atoms with Gasteiger partial charge in [-0.1, -0.05) is 0 Å². The molecule has 0 heterocycles. The van der Waals surface area contributed by atoms with Crippen molar-refractivity contribution in [2.45, 2.75) is 0 Å². The molecule has 0 spiro atoms. The fourth-order valence-corrected chi connectivity index (χ4v) is 0. The summed E-state index contributed by atoms with van der Waals surface area (Å²) in [6.45, 7) is 0. The van der Waals surface area contributed by atoms with Gasteiger partial charge in [-0.05, 0) is 0 Å². The van der Waals surface area contributed by atoms with Crippen LogP contribution in [0.5, 0.6) is 0 Å². The molecule has 2 nitrogen and oxygen atoms in total. The van der Waals surface area contributed by atoms with Crippen LogP contribution in [-0.4, -0.2) is 11.0 Å². The Morgan fingerprint density at radius 2 is 0.667 bits per heavy atom. The third-order valence-electron chi connectivity index (χ3n) is 0. The van der Waals surface area contributed by atoms with Crippen LogP contribution in [0.25, 0.3) is 0 Å². The van der Waals surface area contributed by atoms with E-state index in [1.165, 1.54) is 0 Å². The molecule has 0 aromatic carbocycles. The van der Waals surface area contributed by atoms with Gasteiger partial charge in [0.1, 0.15) is 0 Å². The molecule has 53 valence electrons. The van der Waals surface area contributed by atoms with E-state index in [0.717, 1.165) is 0 Å². The maximum atomic E-state index is 0. The number of hydrogen-bond donors (Lipinski definition) is 0. The van der Waals surface area contributed by atoms with Gasteiger partial charge in [0.05, 0.1) is 0 Å². The summed E-state index contributed by atoms with van der Waals surface area (Å²) >= 11 is 0. The Morgan fingerprint density at radius 3 is 0.667 bits per heavy atom. The van der Waals surface area contributed by atoms with Crippen molar-refractivity contribution < 1.29 is 60.7 Å². The van der Waals surface area contributed by atoms with Gasteiger partial charge in [-0.15, -0.1) is 0 Å². The Bertz CT molecular complexity index is 11.5. The molecule has 0 saturated carbocycles. The van der Waals surface area contributed by atoms with Crippen molar-refractivity contribution in [2.75, 3.05) is 0 Å². The van der Waals surface area contributed by atoms with Crippen LogP contribution in [0.4, 0.5) is 0 Å². The predicted molar refractivity (Wildman–Crippen MR) is 18.3 cm³/mol. The molecule has 0 rings (SSSR count). The molecule has 0 amide bonds. The summed E-state index contributed by atoms with van der Waals surface area (Å²) in [5.74, 6) is 0. The first-order valence-corrected chi connectivity index (χ1v) is 0. The summed E-state index contributed by atoms with van der Waals surface area (Å²) in [5, 5.41) is 0. The van der Waals surface area contributed by atoms with Crippen LogP contribution >= 0.6 is 9.90 Å². The fraction of sp³-hybridized carbons (Fsp3) is 0. The molecule has 0 aliphatic heterocycles. The molecule has 1 radical (unpaired) electrons. The Hall–Kier alpha value is 1.84. The smallest absolute Gasteiger partial charge is 0 e. The minimum atomic E-state index is 0. The second-order valence-electron chi connectivity index (χ2n) is 0. The van der Waals surface area contributed by atoms with Gasteiger partial charge in [-0.25, -0.2) is 0 Å². The Labute approximate surface area is 70.5 Å². The van der Waals surface area contributed by atoms with Crippen molar-refractivity contribution >= 4 is 9.90 Å². The van der Waals surface area contributed by atoms with Crippen molar-refractivity contribution in [3.05, 3.63) is 0 Å². The molecule has 4 N–H and O–H groups in total. The van der Waals surface area contributed by atoms with Gasteiger partial charge in [0, 0.05) is 49.8 Å². The molecule has 0 aliphatic carbocycles. The zero-order chi connectivity index (χ0) is 0. The molecule has 0 aromatic rings.